The lowest BCUT2D eigenvalue weighted by Gasteiger charge is -2.27. The molecule has 0 spiro atoms. The molecule has 10 nitrogen and oxygen atoms in total. The van der Waals surface area contributed by atoms with Gasteiger partial charge in [-0.1, -0.05) is 12.0 Å². The van der Waals surface area contributed by atoms with Crippen molar-refractivity contribution < 1.29 is 9.59 Å². The molecular weight excluding hydrogens is 492 g/mol. The zero-order valence-electron chi connectivity index (χ0n) is 21.8. The van der Waals surface area contributed by atoms with Gasteiger partial charge in [0.05, 0.1) is 23.0 Å². The summed E-state index contributed by atoms with van der Waals surface area (Å²) < 4.78 is 3.48. The van der Waals surface area contributed by atoms with E-state index in [2.05, 4.69) is 36.6 Å². The molecule has 2 amide bonds. The molecule has 1 unspecified atom stereocenters. The number of rotatable bonds is 5. The number of nitrogens with zero attached hydrogens (tertiary/aromatic N) is 6. The van der Waals surface area contributed by atoms with Crippen molar-refractivity contribution in [2.45, 2.75) is 38.1 Å². The van der Waals surface area contributed by atoms with Crippen molar-refractivity contribution in [1.29, 1.82) is 0 Å². The monoisotopic (exact) mass is 520 g/mol. The molecule has 196 valence electrons. The molecule has 4 aromatic rings. The molecule has 0 bridgehead atoms. The number of carbonyl (C=O) groups is 2. The zero-order valence-corrected chi connectivity index (χ0v) is 21.8. The number of aryl methyl sites for hydroxylation is 1. The van der Waals surface area contributed by atoms with Crippen molar-refractivity contribution in [3.8, 4) is 23.6 Å². The average Bonchev–Trinajstić information content (AvgIpc) is 3.63. The standard InChI is InChI=1S/C29H28N8O2/c1-4-6-17-7-5-8-22(26(17)30-2)32-28(39)21-15-36(3)24-12-11-19(13-20(21)24)23-14-25-33-29(35-37(25)16-31-23)34-27(38)18-9-10-18/h1,6,11-16,18,22H,5,7-10H2,2-3H3,(H,32,39)(H,34,35,38)/b17-6-,30-26?. The van der Waals surface area contributed by atoms with E-state index in [0.29, 0.717) is 16.9 Å². The second kappa shape index (κ2) is 9.83. The number of terminal acetylenes is 1. The van der Waals surface area contributed by atoms with Gasteiger partial charge in [-0.05, 0) is 55.9 Å². The summed E-state index contributed by atoms with van der Waals surface area (Å²) in [5.41, 5.74) is 5.43. The molecule has 10 heteroatoms. The number of aromatic nitrogens is 5. The number of hydrogen-bond acceptors (Lipinski definition) is 6. The van der Waals surface area contributed by atoms with E-state index < -0.39 is 0 Å². The Kier molecular flexibility index (Phi) is 6.19. The highest BCUT2D eigenvalue weighted by Gasteiger charge is 2.30. The Morgan fingerprint density at radius 3 is 2.85 bits per heavy atom. The molecule has 39 heavy (non-hydrogen) atoms. The van der Waals surface area contributed by atoms with Gasteiger partial charge >= 0.3 is 0 Å². The fourth-order valence-electron chi connectivity index (χ4n) is 5.20. The fourth-order valence-corrected chi connectivity index (χ4v) is 5.20. The van der Waals surface area contributed by atoms with Crippen LogP contribution in [-0.2, 0) is 11.8 Å². The molecule has 1 atom stereocenters. The average molecular weight is 521 g/mol. The minimum Gasteiger partial charge on any atom is -0.350 e. The van der Waals surface area contributed by atoms with Crippen molar-refractivity contribution in [3.05, 3.63) is 54.0 Å². The van der Waals surface area contributed by atoms with Crippen LogP contribution in [0.25, 0.3) is 27.8 Å². The molecular formula is C29H28N8O2. The van der Waals surface area contributed by atoms with Crippen LogP contribution in [0, 0.1) is 18.3 Å². The Morgan fingerprint density at radius 1 is 1.23 bits per heavy atom. The third-order valence-electron chi connectivity index (χ3n) is 7.34. The topological polar surface area (TPSA) is 119 Å². The van der Waals surface area contributed by atoms with Crippen LogP contribution >= 0.6 is 0 Å². The van der Waals surface area contributed by atoms with Gasteiger partial charge in [-0.2, -0.15) is 4.98 Å². The highest BCUT2D eigenvalue weighted by Crippen LogP contribution is 2.30. The van der Waals surface area contributed by atoms with E-state index in [1.54, 1.807) is 19.5 Å². The summed E-state index contributed by atoms with van der Waals surface area (Å²) in [5.74, 6) is 2.71. The molecule has 2 saturated carbocycles. The third-order valence-corrected chi connectivity index (χ3v) is 7.34. The van der Waals surface area contributed by atoms with Gasteiger partial charge in [-0.3, -0.25) is 19.9 Å². The van der Waals surface area contributed by atoms with E-state index in [-0.39, 0.29) is 29.7 Å². The molecule has 0 radical (unpaired) electrons. The van der Waals surface area contributed by atoms with Crippen LogP contribution < -0.4 is 10.6 Å². The van der Waals surface area contributed by atoms with Crippen molar-refractivity contribution >= 4 is 40.0 Å². The number of allylic oxidation sites excluding steroid dienone is 1. The molecule has 1 aromatic carbocycles. The second-order valence-corrected chi connectivity index (χ2v) is 10.0. The summed E-state index contributed by atoms with van der Waals surface area (Å²) in [6, 6.07) is 7.53. The van der Waals surface area contributed by atoms with E-state index in [1.807, 2.05) is 42.1 Å². The summed E-state index contributed by atoms with van der Waals surface area (Å²) >= 11 is 0. The first kappa shape index (κ1) is 24.6. The lowest BCUT2D eigenvalue weighted by atomic mass is 9.88. The predicted molar refractivity (Wildman–Crippen MR) is 149 cm³/mol. The van der Waals surface area contributed by atoms with E-state index in [0.717, 1.165) is 59.9 Å². The normalized spacial score (nSPS) is 19.5. The van der Waals surface area contributed by atoms with E-state index in [1.165, 1.54) is 4.52 Å². The number of anilines is 1. The number of aliphatic imine (C=N–C) groups is 1. The zero-order chi connectivity index (χ0) is 27.1. The molecule has 3 heterocycles. The van der Waals surface area contributed by atoms with Crippen LogP contribution in [0.15, 0.2) is 53.4 Å². The number of amides is 2. The summed E-state index contributed by atoms with van der Waals surface area (Å²) in [5, 5.41) is 11.1. The fraction of sp³-hybridized carbons (Fsp3) is 0.310. The van der Waals surface area contributed by atoms with Crippen molar-refractivity contribution in [1.82, 2.24) is 29.5 Å². The summed E-state index contributed by atoms with van der Waals surface area (Å²) in [6.07, 6.45) is 15.1. The molecule has 2 fully saturated rings. The minimum atomic E-state index is -0.194. The van der Waals surface area contributed by atoms with Crippen LogP contribution in [-0.4, -0.2) is 54.8 Å². The molecule has 2 aliphatic carbocycles. The quantitative estimate of drug-likeness (QED) is 0.390. The van der Waals surface area contributed by atoms with Crippen LogP contribution in [0.1, 0.15) is 42.5 Å². The number of carbonyl (C=O) groups excluding carboxylic acids is 2. The van der Waals surface area contributed by atoms with Crippen molar-refractivity contribution in [3.63, 3.8) is 0 Å². The molecule has 2 N–H and O–H groups in total. The maximum absolute atomic E-state index is 13.5. The van der Waals surface area contributed by atoms with E-state index in [9.17, 15) is 9.59 Å². The Balaban J connectivity index is 1.29. The maximum Gasteiger partial charge on any atom is 0.253 e. The van der Waals surface area contributed by atoms with Crippen molar-refractivity contribution in [2.24, 2.45) is 18.0 Å². The summed E-state index contributed by atoms with van der Waals surface area (Å²) in [4.78, 5) is 39.0. The predicted octanol–water partition coefficient (Wildman–Crippen LogP) is 3.54. The molecule has 0 saturated heterocycles. The second-order valence-electron chi connectivity index (χ2n) is 10.0. The lowest BCUT2D eigenvalue weighted by Crippen LogP contribution is -2.43. The number of benzene rings is 1. The van der Waals surface area contributed by atoms with Gasteiger partial charge in [0.1, 0.15) is 6.33 Å². The maximum atomic E-state index is 13.5. The van der Waals surface area contributed by atoms with Crippen LogP contribution in [0.4, 0.5) is 5.95 Å². The molecule has 3 aromatic heterocycles. The van der Waals surface area contributed by atoms with Gasteiger partial charge in [0.25, 0.3) is 5.91 Å². The van der Waals surface area contributed by atoms with Gasteiger partial charge in [0.2, 0.25) is 11.9 Å². The van der Waals surface area contributed by atoms with E-state index >= 15 is 0 Å². The van der Waals surface area contributed by atoms with Crippen LogP contribution in [0.5, 0.6) is 0 Å². The summed E-state index contributed by atoms with van der Waals surface area (Å²) in [7, 11) is 3.65. The van der Waals surface area contributed by atoms with Crippen molar-refractivity contribution in [2.75, 3.05) is 12.4 Å². The smallest absolute Gasteiger partial charge is 0.253 e. The molecule has 0 aliphatic heterocycles. The number of hydrogen-bond donors (Lipinski definition) is 2. The Morgan fingerprint density at radius 2 is 2.08 bits per heavy atom. The SMILES string of the molecule is C#C/C=C1/CCCC(NC(=O)c2cn(C)c3ccc(-c4cc5nc(NC(=O)C6CC6)nn5cn4)cc23)C1=NC. The highest BCUT2D eigenvalue weighted by atomic mass is 16.2. The Labute approximate surface area is 225 Å². The van der Waals surface area contributed by atoms with Gasteiger partial charge in [0.15, 0.2) is 5.65 Å². The minimum absolute atomic E-state index is 0.0479. The van der Waals surface area contributed by atoms with Gasteiger partial charge in [-0.25, -0.2) is 9.50 Å². The first-order chi connectivity index (χ1) is 18.9. The van der Waals surface area contributed by atoms with Crippen LogP contribution in [0.2, 0.25) is 0 Å². The Bertz CT molecular complexity index is 1730. The largest absolute Gasteiger partial charge is 0.350 e. The van der Waals surface area contributed by atoms with E-state index in [4.69, 9.17) is 6.42 Å². The third kappa shape index (κ3) is 4.68. The van der Waals surface area contributed by atoms with Gasteiger partial charge in [-0.15, -0.1) is 11.5 Å². The summed E-state index contributed by atoms with van der Waals surface area (Å²) in [6.45, 7) is 0. The van der Waals surface area contributed by atoms with Gasteiger partial charge < -0.3 is 9.88 Å². The van der Waals surface area contributed by atoms with Crippen LogP contribution in [0.3, 0.4) is 0 Å². The first-order valence-corrected chi connectivity index (χ1v) is 13.0. The Hall–Kier alpha value is -4.78. The number of fused-ring (bicyclic) bond motifs is 2. The molecule has 2 aliphatic rings. The lowest BCUT2D eigenvalue weighted by molar-refractivity contribution is -0.117. The van der Waals surface area contributed by atoms with Gasteiger partial charge in [0, 0.05) is 48.7 Å². The first-order valence-electron chi connectivity index (χ1n) is 13.0. The number of nitrogens with one attached hydrogen (secondary N) is 2. The highest BCUT2D eigenvalue weighted by molar-refractivity contribution is 6.12. The molecule has 6 rings (SSSR count).